The summed E-state index contributed by atoms with van der Waals surface area (Å²) in [6, 6.07) is 4.47. The quantitative estimate of drug-likeness (QED) is 0.729. The Balaban J connectivity index is 3.54. The van der Waals surface area contributed by atoms with E-state index in [1.807, 2.05) is 0 Å². The van der Waals surface area contributed by atoms with Gasteiger partial charge in [0, 0.05) is 42.3 Å². The van der Waals surface area contributed by atoms with Crippen molar-refractivity contribution in [3.8, 4) is 0 Å². The van der Waals surface area contributed by atoms with E-state index in [0.29, 0.717) is 0 Å². The first-order chi connectivity index (χ1) is 8.40. The number of anilines is 3. The van der Waals surface area contributed by atoms with Crippen molar-refractivity contribution in [1.82, 2.24) is 0 Å². The van der Waals surface area contributed by atoms with E-state index in [9.17, 15) is 0 Å². The molecule has 0 fully saturated rings. The second-order valence-electron chi connectivity index (χ2n) is 5.12. The second kappa shape index (κ2) is 5.95. The van der Waals surface area contributed by atoms with Gasteiger partial charge in [0.25, 0.3) is 0 Å². The molecule has 0 heterocycles. The summed E-state index contributed by atoms with van der Waals surface area (Å²) in [7, 11) is 12.2. The summed E-state index contributed by atoms with van der Waals surface area (Å²) in [5.41, 5.74) is 5.97. The molecule has 0 aromatic heterocycles. The Morgan fingerprint density at radius 3 is 1.83 bits per heavy atom. The van der Waals surface area contributed by atoms with Crippen LogP contribution in [0.4, 0.5) is 17.1 Å². The molecule has 0 aliphatic carbocycles. The van der Waals surface area contributed by atoms with Gasteiger partial charge in [-0.05, 0) is 11.3 Å². The standard InChI is InChI=1S/C14H25N3Si/c1-8-18-12-10-9-11(15(2)3)13(16(4)5)14(12)17(6)7/h8-10H,1,18H2,2-7H3. The predicted octanol–water partition coefficient (Wildman–Crippen LogP) is 0.822. The average molecular weight is 263 g/mol. The van der Waals surface area contributed by atoms with Crippen LogP contribution in [0, 0.1) is 0 Å². The van der Waals surface area contributed by atoms with Gasteiger partial charge in [0.05, 0.1) is 26.6 Å². The topological polar surface area (TPSA) is 9.72 Å². The van der Waals surface area contributed by atoms with Gasteiger partial charge in [0.15, 0.2) is 0 Å². The van der Waals surface area contributed by atoms with Crippen molar-refractivity contribution in [3.05, 3.63) is 24.4 Å². The zero-order valence-electron chi connectivity index (χ0n) is 12.5. The molecule has 0 atom stereocenters. The van der Waals surface area contributed by atoms with Crippen LogP contribution in [0.5, 0.6) is 0 Å². The van der Waals surface area contributed by atoms with Gasteiger partial charge in [-0.25, -0.2) is 0 Å². The van der Waals surface area contributed by atoms with E-state index in [0.717, 1.165) is 0 Å². The third-order valence-electron chi connectivity index (χ3n) is 2.95. The minimum absolute atomic E-state index is 0.390. The highest BCUT2D eigenvalue weighted by Crippen LogP contribution is 2.34. The van der Waals surface area contributed by atoms with E-state index in [4.69, 9.17) is 0 Å². The van der Waals surface area contributed by atoms with E-state index in [-0.39, 0.29) is 9.52 Å². The van der Waals surface area contributed by atoms with Crippen LogP contribution < -0.4 is 19.9 Å². The van der Waals surface area contributed by atoms with Crippen molar-refractivity contribution in [2.45, 2.75) is 0 Å². The van der Waals surface area contributed by atoms with Crippen LogP contribution in [0.1, 0.15) is 0 Å². The van der Waals surface area contributed by atoms with Crippen molar-refractivity contribution < 1.29 is 0 Å². The van der Waals surface area contributed by atoms with Gasteiger partial charge >= 0.3 is 0 Å². The molecule has 1 rings (SSSR count). The Morgan fingerprint density at radius 1 is 0.889 bits per heavy atom. The Bertz CT molecular complexity index is 425. The van der Waals surface area contributed by atoms with Crippen LogP contribution >= 0.6 is 0 Å². The summed E-state index contributed by atoms with van der Waals surface area (Å²) >= 11 is 0. The van der Waals surface area contributed by atoms with E-state index >= 15 is 0 Å². The van der Waals surface area contributed by atoms with Gasteiger partial charge in [-0.15, -0.1) is 12.3 Å². The molecule has 0 bridgehead atoms. The van der Waals surface area contributed by atoms with E-state index < -0.39 is 0 Å². The Morgan fingerprint density at radius 2 is 1.44 bits per heavy atom. The Kier molecular flexibility index (Phi) is 4.84. The fraction of sp³-hybridized carbons (Fsp3) is 0.429. The van der Waals surface area contributed by atoms with Crippen molar-refractivity contribution in [3.63, 3.8) is 0 Å². The molecule has 4 heteroatoms. The zero-order valence-corrected chi connectivity index (χ0v) is 13.9. The van der Waals surface area contributed by atoms with Crippen molar-refractivity contribution in [2.75, 3.05) is 57.0 Å². The second-order valence-corrected chi connectivity index (χ2v) is 6.86. The SMILES string of the molecule is C=C[SiH2]c1ccc(N(C)C)c(N(C)C)c1N(C)C. The van der Waals surface area contributed by atoms with Gasteiger partial charge in [0.2, 0.25) is 0 Å². The molecule has 0 amide bonds. The largest absolute Gasteiger partial charge is 0.376 e. The number of nitrogens with zero attached hydrogens (tertiary/aromatic N) is 3. The summed E-state index contributed by atoms with van der Waals surface area (Å²) in [6.45, 7) is 3.91. The van der Waals surface area contributed by atoms with Crippen LogP contribution in [0.3, 0.4) is 0 Å². The fourth-order valence-electron chi connectivity index (χ4n) is 2.23. The summed E-state index contributed by atoms with van der Waals surface area (Å²) in [4.78, 5) is 6.58. The first kappa shape index (κ1) is 14.6. The Hall–Kier alpha value is -1.42. The van der Waals surface area contributed by atoms with Crippen molar-refractivity contribution in [2.24, 2.45) is 0 Å². The van der Waals surface area contributed by atoms with Crippen LogP contribution in [0.15, 0.2) is 24.4 Å². The fourth-order valence-corrected chi connectivity index (χ4v) is 3.47. The van der Waals surface area contributed by atoms with Gasteiger partial charge in [-0.1, -0.05) is 6.07 Å². The van der Waals surface area contributed by atoms with Crippen LogP contribution in [-0.4, -0.2) is 51.8 Å². The Labute approximate surface area is 114 Å². The van der Waals surface area contributed by atoms with Gasteiger partial charge < -0.3 is 14.7 Å². The molecule has 3 nitrogen and oxygen atoms in total. The third kappa shape index (κ3) is 2.87. The molecule has 0 radical (unpaired) electrons. The molecule has 0 unspecified atom stereocenters. The lowest BCUT2D eigenvalue weighted by molar-refractivity contribution is 1.05. The summed E-state index contributed by atoms with van der Waals surface area (Å²) in [6.07, 6.45) is 0. The number of hydrogen-bond donors (Lipinski definition) is 0. The predicted molar refractivity (Wildman–Crippen MR) is 87.8 cm³/mol. The summed E-state index contributed by atoms with van der Waals surface area (Å²) in [5.74, 6) is 0. The van der Waals surface area contributed by atoms with Gasteiger partial charge in [-0.2, -0.15) is 0 Å². The lowest BCUT2D eigenvalue weighted by atomic mass is 10.2. The minimum atomic E-state index is -0.390. The maximum absolute atomic E-state index is 3.91. The van der Waals surface area contributed by atoms with Crippen LogP contribution in [-0.2, 0) is 0 Å². The molecule has 0 aliphatic heterocycles. The van der Waals surface area contributed by atoms with Crippen molar-refractivity contribution in [1.29, 1.82) is 0 Å². The molecule has 0 spiro atoms. The van der Waals surface area contributed by atoms with E-state index in [1.165, 1.54) is 22.2 Å². The molecule has 1 aromatic rings. The molecule has 0 N–H and O–H groups in total. The molecular weight excluding hydrogens is 238 g/mol. The average Bonchev–Trinajstić information content (AvgIpc) is 2.27. The third-order valence-corrected chi connectivity index (χ3v) is 4.25. The number of benzene rings is 1. The highest BCUT2D eigenvalue weighted by atomic mass is 28.2. The lowest BCUT2D eigenvalue weighted by Gasteiger charge is -2.30. The minimum Gasteiger partial charge on any atom is -0.376 e. The number of rotatable bonds is 5. The maximum atomic E-state index is 3.91. The first-order valence-corrected chi connectivity index (χ1v) is 7.71. The zero-order chi connectivity index (χ0) is 13.9. The summed E-state index contributed by atoms with van der Waals surface area (Å²) < 4.78 is 0. The van der Waals surface area contributed by atoms with Crippen LogP contribution in [0.25, 0.3) is 0 Å². The number of hydrogen-bond acceptors (Lipinski definition) is 3. The van der Waals surface area contributed by atoms with E-state index in [2.05, 4.69) is 81.4 Å². The molecular formula is C14H25N3Si. The molecule has 1 aromatic carbocycles. The molecule has 0 saturated heterocycles. The first-order valence-electron chi connectivity index (χ1n) is 6.18. The van der Waals surface area contributed by atoms with Crippen molar-refractivity contribution >= 4 is 31.8 Å². The van der Waals surface area contributed by atoms with Crippen LogP contribution in [0.2, 0.25) is 0 Å². The molecule has 0 aliphatic rings. The highest BCUT2D eigenvalue weighted by molar-refractivity contribution is 6.60. The van der Waals surface area contributed by atoms with Gasteiger partial charge in [-0.3, -0.25) is 0 Å². The monoisotopic (exact) mass is 263 g/mol. The molecule has 0 saturated carbocycles. The molecule has 18 heavy (non-hydrogen) atoms. The summed E-state index contributed by atoms with van der Waals surface area (Å²) in [5, 5.41) is 1.45. The van der Waals surface area contributed by atoms with Gasteiger partial charge in [0.1, 0.15) is 0 Å². The highest BCUT2D eigenvalue weighted by Gasteiger charge is 2.17. The van der Waals surface area contributed by atoms with E-state index in [1.54, 1.807) is 0 Å². The lowest BCUT2D eigenvalue weighted by Crippen LogP contribution is -2.29. The molecule has 100 valence electrons. The normalized spacial score (nSPS) is 10.8. The maximum Gasteiger partial charge on any atom is 0.0834 e. The smallest absolute Gasteiger partial charge is 0.0834 e.